The largest absolute Gasteiger partial charge is 2.00 e. The molecule has 0 fully saturated rings. The molecule has 0 aliphatic carbocycles. The van der Waals surface area contributed by atoms with Gasteiger partial charge in [-0.1, -0.05) is 0 Å². The molecule has 2 rings (SSSR count). The van der Waals surface area contributed by atoms with Crippen LogP contribution in [0.3, 0.4) is 0 Å². The van der Waals surface area contributed by atoms with E-state index in [4.69, 9.17) is 0 Å². The first-order valence-corrected chi connectivity index (χ1v) is 4.57. The van der Waals surface area contributed by atoms with E-state index in [1.165, 1.54) is 14.1 Å². The second-order valence-electron chi connectivity index (χ2n) is 2.88. The Balaban J connectivity index is 0.000000364. The average molecular weight is 424 g/mol. The van der Waals surface area contributed by atoms with Gasteiger partial charge in [0.05, 0.1) is 0 Å². The zero-order valence-corrected chi connectivity index (χ0v) is 15.1. The number of nitro groups is 2. The van der Waals surface area contributed by atoms with Crippen molar-refractivity contribution in [2.45, 2.75) is 0 Å². The van der Waals surface area contributed by atoms with Crippen LogP contribution < -0.4 is 21.4 Å². The van der Waals surface area contributed by atoms with E-state index in [0.717, 1.165) is 9.36 Å². The van der Waals surface area contributed by atoms with Gasteiger partial charge >= 0.3 is 48.9 Å². The van der Waals surface area contributed by atoms with Gasteiger partial charge in [0.25, 0.3) is 0 Å². The molecule has 108 valence electrons. The summed E-state index contributed by atoms with van der Waals surface area (Å²) in [7, 11) is 2.92. The van der Waals surface area contributed by atoms with E-state index in [9.17, 15) is 20.2 Å². The van der Waals surface area contributed by atoms with Crippen LogP contribution in [-0.4, -0.2) is 89.2 Å². The van der Waals surface area contributed by atoms with Gasteiger partial charge in [0, 0.05) is 0 Å². The molecular weight excluding hydrogens is 417 g/mol. The van der Waals surface area contributed by atoms with Gasteiger partial charge in [0.1, 0.15) is 10.1 Å². The Morgan fingerprint density at radius 1 is 0.952 bits per heavy atom. The minimum absolute atomic E-state index is 0. The maximum absolute atomic E-state index is 9.75. The van der Waals surface area contributed by atoms with E-state index in [-0.39, 0.29) is 60.1 Å². The van der Waals surface area contributed by atoms with Crippen LogP contribution in [0.1, 0.15) is 0 Å². The van der Waals surface area contributed by atoms with Gasteiger partial charge in [-0.05, 0) is 24.3 Å². The molecule has 21 heavy (non-hydrogen) atoms. The van der Waals surface area contributed by atoms with Gasteiger partial charge in [0.15, 0.2) is 11.2 Å². The molecule has 0 saturated carbocycles. The summed E-state index contributed by atoms with van der Waals surface area (Å²) < 4.78 is 2.20. The molecule has 0 bridgehead atoms. The summed E-state index contributed by atoms with van der Waals surface area (Å²) in [6.07, 6.45) is 0. The zero-order chi connectivity index (χ0) is 15.1. The first-order valence-electron chi connectivity index (χ1n) is 4.57. The molecule has 0 radical (unpaired) electrons. The Bertz CT molecular complexity index is 657. The van der Waals surface area contributed by atoms with E-state index in [2.05, 4.69) is 41.3 Å². The molecule has 0 aliphatic rings. The molecule has 2 heterocycles. The van der Waals surface area contributed by atoms with Crippen molar-refractivity contribution in [3.8, 4) is 0 Å². The third-order valence-electron chi connectivity index (χ3n) is 1.54. The van der Waals surface area contributed by atoms with Gasteiger partial charge in [-0.3, -0.25) is 0 Å². The van der Waals surface area contributed by atoms with Crippen LogP contribution in [0.4, 0.5) is 0 Å². The second-order valence-corrected chi connectivity index (χ2v) is 2.88. The number of aromatic nitrogens is 8. The van der Waals surface area contributed by atoms with Crippen LogP contribution in [0.15, 0.2) is 10.2 Å². The molecule has 0 atom stereocenters. The SMILES string of the molecule is Cn1nn[n-]/c1=N/[N+](=O)[O-].Cn1nn[n-]/c1=N\[N+](=O)[O-].[Ba+2]. The number of tetrazole rings is 2. The summed E-state index contributed by atoms with van der Waals surface area (Å²) in [6, 6.07) is 0. The van der Waals surface area contributed by atoms with Crippen LogP contribution in [0.5, 0.6) is 0 Å². The van der Waals surface area contributed by atoms with Crippen molar-refractivity contribution in [3.05, 3.63) is 31.5 Å². The minimum Gasteiger partial charge on any atom is -0.329 e. The van der Waals surface area contributed by atoms with Gasteiger partial charge in [-0.2, -0.15) is 0 Å². The number of hydrogen-bond donors (Lipinski definition) is 0. The van der Waals surface area contributed by atoms with Gasteiger partial charge in [-0.25, -0.2) is 40.9 Å². The maximum atomic E-state index is 9.75. The van der Waals surface area contributed by atoms with Crippen molar-refractivity contribution in [1.29, 1.82) is 0 Å². The molecule has 0 spiro atoms. The molecule has 0 amide bonds. The van der Waals surface area contributed by atoms with Crippen molar-refractivity contribution in [3.63, 3.8) is 0 Å². The molecule has 0 saturated heterocycles. The van der Waals surface area contributed by atoms with Crippen LogP contribution in [0, 0.1) is 20.2 Å². The summed E-state index contributed by atoms with van der Waals surface area (Å²) >= 11 is 0. The van der Waals surface area contributed by atoms with E-state index >= 15 is 0 Å². The Labute approximate surface area is 154 Å². The van der Waals surface area contributed by atoms with Gasteiger partial charge in [0.2, 0.25) is 0 Å². The number of nitrogens with zero attached hydrogens (tertiary/aromatic N) is 12. The summed E-state index contributed by atoms with van der Waals surface area (Å²) in [5.74, 6) is 0. The predicted molar refractivity (Wildman–Crippen MR) is 59.5 cm³/mol. The zero-order valence-electron chi connectivity index (χ0n) is 10.7. The minimum atomic E-state index is -0.855. The van der Waals surface area contributed by atoms with E-state index in [1.807, 2.05) is 0 Å². The normalized spacial score (nSPS) is 11.3. The van der Waals surface area contributed by atoms with Crippen molar-refractivity contribution in [2.24, 2.45) is 24.3 Å². The number of hydrogen-bond acceptors (Lipinski definition) is 8. The first-order chi connectivity index (χ1) is 9.40. The Morgan fingerprint density at radius 3 is 1.48 bits per heavy atom. The van der Waals surface area contributed by atoms with Crippen molar-refractivity contribution >= 4 is 48.9 Å². The molecule has 17 heteroatoms. The summed E-state index contributed by atoms with van der Waals surface area (Å²) in [5.41, 5.74) is -0.241. The molecule has 16 nitrogen and oxygen atoms in total. The summed E-state index contributed by atoms with van der Waals surface area (Å²) in [4.78, 5) is 19.5. The Hall–Kier alpha value is -1.89. The maximum Gasteiger partial charge on any atom is 2.00 e. The molecule has 0 aromatic carbocycles. The average Bonchev–Trinajstić information content (AvgIpc) is 2.90. The van der Waals surface area contributed by atoms with Crippen molar-refractivity contribution in [1.82, 2.24) is 40.4 Å². The third-order valence-corrected chi connectivity index (χ3v) is 1.54. The quantitative estimate of drug-likeness (QED) is 0.257. The van der Waals surface area contributed by atoms with Crippen LogP contribution in [0.2, 0.25) is 0 Å². The monoisotopic (exact) mass is 424 g/mol. The fourth-order valence-corrected chi connectivity index (χ4v) is 0.765. The summed E-state index contributed by atoms with van der Waals surface area (Å²) in [6.45, 7) is 0. The molecule has 0 N–H and O–H groups in total. The van der Waals surface area contributed by atoms with Crippen molar-refractivity contribution in [2.75, 3.05) is 0 Å². The van der Waals surface area contributed by atoms with E-state index in [0.29, 0.717) is 0 Å². The van der Waals surface area contributed by atoms with Crippen LogP contribution in [0.25, 0.3) is 0 Å². The fraction of sp³-hybridized carbons (Fsp3) is 0.500. The Morgan fingerprint density at radius 2 is 1.29 bits per heavy atom. The fourth-order valence-electron chi connectivity index (χ4n) is 0.765. The predicted octanol–water partition coefficient (Wildman–Crippen LogP) is -4.65. The summed E-state index contributed by atoms with van der Waals surface area (Å²) in [5, 5.41) is 43.0. The van der Waals surface area contributed by atoms with Gasteiger partial charge in [-0.15, -0.1) is 10.4 Å². The van der Waals surface area contributed by atoms with Crippen molar-refractivity contribution < 1.29 is 10.1 Å². The molecular formula is C4H6BaN12O4. The first kappa shape index (κ1) is 19.1. The number of aryl methyl sites for hydroxylation is 2. The Kier molecular flexibility index (Phi) is 8.30. The smallest absolute Gasteiger partial charge is 0.329 e. The van der Waals surface area contributed by atoms with E-state index < -0.39 is 10.1 Å². The third kappa shape index (κ3) is 6.90. The standard InChI is InChI=1S/2C2H3N6O2.Ba/c2*1-7-2(3-5-6-7)4-8(9)10;/h2*1H3;/q2*-1;+2. The molecule has 2 aromatic rings. The van der Waals surface area contributed by atoms with E-state index in [1.54, 1.807) is 0 Å². The second kappa shape index (κ2) is 9.12. The van der Waals surface area contributed by atoms with Gasteiger partial charge < -0.3 is 9.36 Å². The topological polar surface area (TPSA) is 201 Å². The molecule has 0 aliphatic heterocycles. The molecule has 0 unspecified atom stereocenters. The number of rotatable bonds is 2. The molecule has 2 aromatic heterocycles. The van der Waals surface area contributed by atoms with Crippen LogP contribution in [-0.2, 0) is 14.1 Å². The van der Waals surface area contributed by atoms with Crippen LogP contribution >= 0.6 is 0 Å².